The zero-order chi connectivity index (χ0) is 19.5. The fraction of sp³-hybridized carbons (Fsp3) is 0.182. The summed E-state index contributed by atoms with van der Waals surface area (Å²) in [5, 5.41) is 12.3. The number of rotatable bonds is 6. The predicted molar refractivity (Wildman–Crippen MR) is 123 cm³/mol. The highest BCUT2D eigenvalue weighted by molar-refractivity contribution is 9.10. The molecule has 2 heterocycles. The van der Waals surface area contributed by atoms with Crippen molar-refractivity contribution < 1.29 is 0 Å². The lowest BCUT2D eigenvalue weighted by molar-refractivity contribution is 0.687. The molecule has 0 saturated carbocycles. The summed E-state index contributed by atoms with van der Waals surface area (Å²) in [6.45, 7) is 5.17. The standard InChI is InChI=1S/C22H20BrN3S2/c1-3-26-21(19-14-27-15(2)20(19)17-7-5-4-6-8-17)24-25-22(26)28-13-16-9-11-18(23)12-10-16/h4-12,14H,3,13H2,1-2H3. The minimum Gasteiger partial charge on any atom is -0.302 e. The monoisotopic (exact) mass is 469 g/mol. The van der Waals surface area contributed by atoms with Gasteiger partial charge in [-0.25, -0.2) is 0 Å². The highest BCUT2D eigenvalue weighted by Crippen LogP contribution is 2.39. The summed E-state index contributed by atoms with van der Waals surface area (Å²) in [4.78, 5) is 1.30. The van der Waals surface area contributed by atoms with Crippen LogP contribution in [0.5, 0.6) is 0 Å². The number of benzene rings is 2. The van der Waals surface area contributed by atoms with E-state index in [0.29, 0.717) is 0 Å². The van der Waals surface area contributed by atoms with Crippen molar-refractivity contribution in [3.05, 3.63) is 74.9 Å². The first kappa shape index (κ1) is 19.4. The minimum atomic E-state index is 0.841. The van der Waals surface area contributed by atoms with Gasteiger partial charge in [0.15, 0.2) is 11.0 Å². The van der Waals surface area contributed by atoms with Gasteiger partial charge in [0.05, 0.1) is 0 Å². The van der Waals surface area contributed by atoms with E-state index in [4.69, 9.17) is 0 Å². The van der Waals surface area contributed by atoms with Crippen molar-refractivity contribution in [1.82, 2.24) is 14.8 Å². The molecule has 4 aromatic rings. The Morgan fingerprint density at radius 1 is 1.04 bits per heavy atom. The van der Waals surface area contributed by atoms with Crippen LogP contribution < -0.4 is 0 Å². The van der Waals surface area contributed by atoms with Gasteiger partial charge in [-0.2, -0.15) is 0 Å². The molecular weight excluding hydrogens is 450 g/mol. The third-order valence-electron chi connectivity index (χ3n) is 4.59. The smallest absolute Gasteiger partial charge is 0.191 e. The molecule has 0 saturated heterocycles. The maximum atomic E-state index is 4.57. The molecule has 0 radical (unpaired) electrons. The topological polar surface area (TPSA) is 30.7 Å². The van der Waals surface area contributed by atoms with E-state index in [-0.39, 0.29) is 0 Å². The molecule has 0 atom stereocenters. The van der Waals surface area contributed by atoms with Crippen LogP contribution in [0.1, 0.15) is 17.4 Å². The average Bonchev–Trinajstić information content (AvgIpc) is 3.30. The Hall–Kier alpha value is -1.89. The molecule has 4 rings (SSSR count). The Bertz CT molecular complexity index is 1070. The molecule has 0 bridgehead atoms. The third kappa shape index (κ3) is 3.95. The lowest BCUT2D eigenvalue weighted by Gasteiger charge is -2.09. The van der Waals surface area contributed by atoms with Crippen molar-refractivity contribution in [1.29, 1.82) is 0 Å². The second kappa shape index (κ2) is 8.64. The van der Waals surface area contributed by atoms with Crippen molar-refractivity contribution in [2.45, 2.75) is 31.3 Å². The Morgan fingerprint density at radius 2 is 1.79 bits per heavy atom. The Balaban J connectivity index is 1.66. The first-order valence-electron chi connectivity index (χ1n) is 9.11. The number of hydrogen-bond acceptors (Lipinski definition) is 4. The SMILES string of the molecule is CCn1c(SCc2ccc(Br)cc2)nnc1-c1csc(C)c1-c1ccccc1. The van der Waals surface area contributed by atoms with Crippen LogP contribution in [0.2, 0.25) is 0 Å². The summed E-state index contributed by atoms with van der Waals surface area (Å²) in [5.41, 5.74) is 4.93. The van der Waals surface area contributed by atoms with Crippen LogP contribution in [-0.4, -0.2) is 14.8 Å². The number of thiophene rings is 1. The zero-order valence-electron chi connectivity index (χ0n) is 15.7. The lowest BCUT2D eigenvalue weighted by atomic mass is 10.0. The fourth-order valence-corrected chi connectivity index (χ4v) is 5.28. The van der Waals surface area contributed by atoms with Crippen LogP contribution >= 0.6 is 39.0 Å². The minimum absolute atomic E-state index is 0.841. The van der Waals surface area contributed by atoms with Gasteiger partial charge in [-0.3, -0.25) is 0 Å². The molecule has 6 heteroatoms. The first-order valence-corrected chi connectivity index (χ1v) is 11.8. The molecule has 0 aliphatic rings. The average molecular weight is 470 g/mol. The van der Waals surface area contributed by atoms with Gasteiger partial charge in [0.1, 0.15) is 0 Å². The number of aromatic nitrogens is 3. The van der Waals surface area contributed by atoms with Gasteiger partial charge < -0.3 is 4.57 Å². The van der Waals surface area contributed by atoms with Gasteiger partial charge in [0.2, 0.25) is 0 Å². The van der Waals surface area contributed by atoms with Crippen LogP contribution in [0.15, 0.2) is 69.6 Å². The highest BCUT2D eigenvalue weighted by Gasteiger charge is 2.19. The first-order chi connectivity index (χ1) is 13.7. The van der Waals surface area contributed by atoms with Gasteiger partial charge in [-0.1, -0.05) is 70.2 Å². The highest BCUT2D eigenvalue weighted by atomic mass is 79.9. The number of thioether (sulfide) groups is 1. The normalized spacial score (nSPS) is 11.1. The second-order valence-electron chi connectivity index (χ2n) is 6.41. The fourth-order valence-electron chi connectivity index (χ4n) is 3.19. The Labute approximate surface area is 182 Å². The molecule has 0 amide bonds. The number of nitrogens with zero attached hydrogens (tertiary/aromatic N) is 3. The van der Waals surface area contributed by atoms with Crippen molar-refractivity contribution in [3.8, 4) is 22.5 Å². The van der Waals surface area contributed by atoms with Gasteiger partial charge in [0, 0.05) is 38.2 Å². The van der Waals surface area contributed by atoms with Crippen LogP contribution in [0.25, 0.3) is 22.5 Å². The molecule has 0 unspecified atom stereocenters. The molecule has 28 heavy (non-hydrogen) atoms. The van der Waals surface area contributed by atoms with Crippen molar-refractivity contribution in [3.63, 3.8) is 0 Å². The Morgan fingerprint density at radius 3 is 2.50 bits per heavy atom. The van der Waals surface area contributed by atoms with Gasteiger partial charge in [0.25, 0.3) is 0 Å². The van der Waals surface area contributed by atoms with Crippen LogP contribution in [0.3, 0.4) is 0 Å². The molecular formula is C22H20BrN3S2. The third-order valence-corrected chi connectivity index (χ3v) is 7.07. The van der Waals surface area contributed by atoms with Gasteiger partial charge >= 0.3 is 0 Å². The van der Waals surface area contributed by atoms with E-state index in [2.05, 4.69) is 105 Å². The molecule has 2 aromatic carbocycles. The second-order valence-corrected chi connectivity index (χ2v) is 9.35. The molecule has 0 aliphatic carbocycles. The predicted octanol–water partition coefficient (Wildman–Crippen LogP) is 7.06. The van der Waals surface area contributed by atoms with Crippen molar-refractivity contribution in [2.75, 3.05) is 0 Å². The van der Waals surface area contributed by atoms with Crippen LogP contribution in [0.4, 0.5) is 0 Å². The molecule has 0 aliphatic heterocycles. The summed E-state index contributed by atoms with van der Waals surface area (Å²) in [7, 11) is 0. The summed E-state index contributed by atoms with van der Waals surface area (Å²) in [6, 6.07) is 19.0. The van der Waals surface area contributed by atoms with Crippen molar-refractivity contribution >= 4 is 39.0 Å². The molecule has 0 N–H and O–H groups in total. The Kier molecular flexibility index (Phi) is 5.99. The molecule has 142 valence electrons. The summed E-state index contributed by atoms with van der Waals surface area (Å²) >= 11 is 6.99. The molecule has 2 aromatic heterocycles. The number of halogens is 1. The summed E-state index contributed by atoms with van der Waals surface area (Å²) in [5.74, 6) is 1.82. The van der Waals surface area contributed by atoms with E-state index in [1.54, 1.807) is 23.1 Å². The van der Waals surface area contributed by atoms with Gasteiger partial charge in [-0.05, 0) is 37.1 Å². The summed E-state index contributed by atoms with van der Waals surface area (Å²) in [6.07, 6.45) is 0. The lowest BCUT2D eigenvalue weighted by Crippen LogP contribution is -2.00. The van der Waals surface area contributed by atoms with E-state index < -0.39 is 0 Å². The number of aryl methyl sites for hydroxylation is 1. The van der Waals surface area contributed by atoms with E-state index in [1.165, 1.54) is 27.1 Å². The van der Waals surface area contributed by atoms with E-state index >= 15 is 0 Å². The zero-order valence-corrected chi connectivity index (χ0v) is 18.9. The van der Waals surface area contributed by atoms with Crippen LogP contribution in [-0.2, 0) is 12.3 Å². The van der Waals surface area contributed by atoms with E-state index in [1.807, 2.05) is 0 Å². The van der Waals surface area contributed by atoms with Crippen molar-refractivity contribution in [2.24, 2.45) is 0 Å². The van der Waals surface area contributed by atoms with Crippen LogP contribution in [0, 0.1) is 6.92 Å². The number of hydrogen-bond donors (Lipinski definition) is 0. The quantitative estimate of drug-likeness (QED) is 0.283. The summed E-state index contributed by atoms with van der Waals surface area (Å²) < 4.78 is 3.32. The van der Waals surface area contributed by atoms with E-state index in [9.17, 15) is 0 Å². The molecule has 0 fully saturated rings. The maximum absolute atomic E-state index is 4.57. The van der Waals surface area contributed by atoms with Gasteiger partial charge in [-0.15, -0.1) is 21.5 Å². The molecule has 0 spiro atoms. The molecule has 3 nitrogen and oxygen atoms in total. The largest absolute Gasteiger partial charge is 0.302 e. The maximum Gasteiger partial charge on any atom is 0.191 e. The van der Waals surface area contributed by atoms with E-state index in [0.717, 1.165) is 27.8 Å².